The van der Waals surface area contributed by atoms with Crippen LogP contribution in [0.3, 0.4) is 0 Å². The molecular weight excluding hydrogens is 296 g/mol. The van der Waals surface area contributed by atoms with Gasteiger partial charge in [0, 0.05) is 19.5 Å². The second-order valence-corrected chi connectivity index (χ2v) is 5.56. The van der Waals surface area contributed by atoms with Crippen LogP contribution in [-0.4, -0.2) is 50.1 Å². The molecule has 2 amide bonds. The van der Waals surface area contributed by atoms with Gasteiger partial charge in [0.05, 0.1) is 19.6 Å². The first kappa shape index (κ1) is 17.1. The molecule has 1 fully saturated rings. The molecule has 23 heavy (non-hydrogen) atoms. The normalized spacial score (nSPS) is 17.2. The molecule has 0 bridgehead atoms. The number of methoxy groups -OCH3 is 1. The molecule has 2 rings (SSSR count). The first-order valence-corrected chi connectivity index (χ1v) is 7.96. The molecule has 1 heterocycles. The number of benzene rings is 1. The van der Waals surface area contributed by atoms with Gasteiger partial charge in [0.1, 0.15) is 18.1 Å². The predicted molar refractivity (Wildman–Crippen MR) is 86.5 cm³/mol. The Bertz CT molecular complexity index is 530. The third-order valence-corrected chi connectivity index (χ3v) is 3.81. The highest BCUT2D eigenvalue weighted by Crippen LogP contribution is 2.18. The number of likely N-dealkylation sites (tertiary alicyclic amines) is 1. The van der Waals surface area contributed by atoms with E-state index in [2.05, 4.69) is 5.32 Å². The summed E-state index contributed by atoms with van der Waals surface area (Å²) in [4.78, 5) is 25.6. The average molecular weight is 320 g/mol. The molecule has 0 saturated carbocycles. The van der Waals surface area contributed by atoms with Crippen LogP contribution in [-0.2, 0) is 9.59 Å². The van der Waals surface area contributed by atoms with Gasteiger partial charge in [-0.3, -0.25) is 9.59 Å². The maximum Gasteiger partial charge on any atom is 0.225 e. The van der Waals surface area contributed by atoms with Crippen molar-refractivity contribution in [1.82, 2.24) is 10.2 Å². The first-order chi connectivity index (χ1) is 11.1. The lowest BCUT2D eigenvalue weighted by Crippen LogP contribution is -2.35. The largest absolute Gasteiger partial charge is 0.497 e. The van der Waals surface area contributed by atoms with Gasteiger partial charge in [-0.05, 0) is 30.7 Å². The molecule has 0 aliphatic carbocycles. The molecule has 126 valence electrons. The number of carbonyl (C=O) groups is 2. The summed E-state index contributed by atoms with van der Waals surface area (Å²) in [6.45, 7) is 4.08. The van der Waals surface area contributed by atoms with Gasteiger partial charge in [-0.25, -0.2) is 0 Å². The van der Waals surface area contributed by atoms with Crippen molar-refractivity contribution in [3.8, 4) is 11.5 Å². The molecule has 1 aliphatic rings. The highest BCUT2D eigenvalue weighted by molar-refractivity contribution is 5.89. The van der Waals surface area contributed by atoms with Gasteiger partial charge < -0.3 is 19.7 Å². The van der Waals surface area contributed by atoms with E-state index in [9.17, 15) is 9.59 Å². The highest BCUT2D eigenvalue weighted by Gasteiger charge is 2.33. The van der Waals surface area contributed by atoms with Crippen LogP contribution in [0.2, 0.25) is 0 Å². The lowest BCUT2D eigenvalue weighted by atomic mass is 10.1. The molecule has 1 saturated heterocycles. The van der Waals surface area contributed by atoms with Crippen LogP contribution < -0.4 is 14.8 Å². The van der Waals surface area contributed by atoms with Crippen molar-refractivity contribution in [3.05, 3.63) is 24.3 Å². The van der Waals surface area contributed by atoms with Gasteiger partial charge in [-0.15, -0.1) is 0 Å². The fourth-order valence-corrected chi connectivity index (χ4v) is 2.59. The van der Waals surface area contributed by atoms with Crippen molar-refractivity contribution >= 4 is 11.8 Å². The van der Waals surface area contributed by atoms with Gasteiger partial charge in [-0.2, -0.15) is 0 Å². The van der Waals surface area contributed by atoms with Crippen LogP contribution in [0.1, 0.15) is 19.8 Å². The SMILES string of the molecule is CCCN1CC(C(=O)NCCOc2ccc(OC)cc2)CC1=O. The number of nitrogens with zero attached hydrogens (tertiary/aromatic N) is 1. The molecule has 1 atom stereocenters. The van der Waals surface area contributed by atoms with E-state index in [1.165, 1.54) is 0 Å². The quantitative estimate of drug-likeness (QED) is 0.736. The van der Waals surface area contributed by atoms with Gasteiger partial charge >= 0.3 is 0 Å². The fourth-order valence-electron chi connectivity index (χ4n) is 2.59. The van der Waals surface area contributed by atoms with Crippen molar-refractivity contribution in [2.24, 2.45) is 5.92 Å². The van der Waals surface area contributed by atoms with Gasteiger partial charge in [0.25, 0.3) is 0 Å². The molecule has 1 N–H and O–H groups in total. The Labute approximate surface area is 136 Å². The second-order valence-electron chi connectivity index (χ2n) is 5.56. The second kappa shape index (κ2) is 8.41. The average Bonchev–Trinajstić information content (AvgIpc) is 2.93. The van der Waals surface area contributed by atoms with E-state index in [0.29, 0.717) is 26.1 Å². The molecule has 1 aromatic carbocycles. The minimum atomic E-state index is -0.241. The van der Waals surface area contributed by atoms with E-state index >= 15 is 0 Å². The lowest BCUT2D eigenvalue weighted by Gasteiger charge is -2.15. The number of nitrogens with one attached hydrogen (secondary N) is 1. The minimum absolute atomic E-state index is 0.0708. The smallest absolute Gasteiger partial charge is 0.225 e. The summed E-state index contributed by atoms with van der Waals surface area (Å²) < 4.78 is 10.6. The minimum Gasteiger partial charge on any atom is -0.497 e. The van der Waals surface area contributed by atoms with Crippen LogP contribution in [0.4, 0.5) is 0 Å². The van der Waals surface area contributed by atoms with Crippen molar-refractivity contribution in [3.63, 3.8) is 0 Å². The number of hydrogen-bond donors (Lipinski definition) is 1. The van der Waals surface area contributed by atoms with E-state index in [1.54, 1.807) is 12.0 Å². The summed E-state index contributed by atoms with van der Waals surface area (Å²) in [6.07, 6.45) is 1.22. The molecular formula is C17H24N2O4. The van der Waals surface area contributed by atoms with Crippen molar-refractivity contribution in [1.29, 1.82) is 0 Å². The van der Waals surface area contributed by atoms with Crippen molar-refractivity contribution in [2.75, 3.05) is 33.4 Å². The third kappa shape index (κ3) is 4.87. The number of amides is 2. The topological polar surface area (TPSA) is 67.9 Å². The Hall–Kier alpha value is -2.24. The molecule has 1 unspecified atom stereocenters. The van der Waals surface area contributed by atoms with E-state index < -0.39 is 0 Å². The monoisotopic (exact) mass is 320 g/mol. The number of hydrogen-bond acceptors (Lipinski definition) is 4. The highest BCUT2D eigenvalue weighted by atomic mass is 16.5. The first-order valence-electron chi connectivity index (χ1n) is 7.96. The Morgan fingerprint density at radius 3 is 2.65 bits per heavy atom. The van der Waals surface area contributed by atoms with Crippen molar-refractivity contribution < 1.29 is 19.1 Å². The van der Waals surface area contributed by atoms with Gasteiger partial charge in [-0.1, -0.05) is 6.92 Å². The zero-order chi connectivity index (χ0) is 16.7. The van der Waals surface area contributed by atoms with E-state index in [4.69, 9.17) is 9.47 Å². The zero-order valence-corrected chi connectivity index (χ0v) is 13.7. The number of ether oxygens (including phenoxy) is 2. The fraction of sp³-hybridized carbons (Fsp3) is 0.529. The van der Waals surface area contributed by atoms with Gasteiger partial charge in [0.15, 0.2) is 0 Å². The van der Waals surface area contributed by atoms with Crippen molar-refractivity contribution in [2.45, 2.75) is 19.8 Å². The maximum atomic E-state index is 12.1. The zero-order valence-electron chi connectivity index (χ0n) is 13.7. The molecule has 6 heteroatoms. The summed E-state index contributed by atoms with van der Waals surface area (Å²) in [6, 6.07) is 7.28. The summed E-state index contributed by atoms with van der Waals surface area (Å²) >= 11 is 0. The number of rotatable bonds is 8. The molecule has 0 radical (unpaired) electrons. The van der Waals surface area contributed by atoms with E-state index in [0.717, 1.165) is 24.5 Å². The lowest BCUT2D eigenvalue weighted by molar-refractivity contribution is -0.129. The summed E-state index contributed by atoms with van der Waals surface area (Å²) in [5, 5.41) is 2.83. The van der Waals surface area contributed by atoms with Crippen LogP contribution >= 0.6 is 0 Å². The van der Waals surface area contributed by atoms with E-state index in [1.807, 2.05) is 31.2 Å². The van der Waals surface area contributed by atoms with Crippen LogP contribution in [0.5, 0.6) is 11.5 Å². The number of carbonyl (C=O) groups excluding carboxylic acids is 2. The molecule has 1 aliphatic heterocycles. The summed E-state index contributed by atoms with van der Waals surface area (Å²) in [5.74, 6) is 1.25. The Kier molecular flexibility index (Phi) is 6.26. The van der Waals surface area contributed by atoms with E-state index in [-0.39, 0.29) is 17.7 Å². The Morgan fingerprint density at radius 2 is 2.00 bits per heavy atom. The molecule has 0 spiro atoms. The maximum absolute atomic E-state index is 12.1. The third-order valence-electron chi connectivity index (χ3n) is 3.81. The summed E-state index contributed by atoms with van der Waals surface area (Å²) in [5.41, 5.74) is 0. The Balaban J connectivity index is 1.67. The van der Waals surface area contributed by atoms with Crippen LogP contribution in [0.15, 0.2) is 24.3 Å². The standard InChI is InChI=1S/C17H24N2O4/c1-3-9-19-12-13(11-16(19)20)17(21)18-8-10-23-15-6-4-14(22-2)5-7-15/h4-7,13H,3,8-12H2,1-2H3,(H,18,21). The predicted octanol–water partition coefficient (Wildman–Crippen LogP) is 1.45. The molecule has 6 nitrogen and oxygen atoms in total. The Morgan fingerprint density at radius 1 is 1.30 bits per heavy atom. The molecule has 0 aromatic heterocycles. The summed E-state index contributed by atoms with van der Waals surface area (Å²) in [7, 11) is 1.61. The molecule has 1 aromatic rings. The van der Waals surface area contributed by atoms with Crippen LogP contribution in [0.25, 0.3) is 0 Å². The van der Waals surface area contributed by atoms with Crippen LogP contribution in [0, 0.1) is 5.92 Å². The van der Waals surface area contributed by atoms with Gasteiger partial charge in [0.2, 0.25) is 11.8 Å².